The van der Waals surface area contributed by atoms with Gasteiger partial charge in [-0.2, -0.15) is 0 Å². The van der Waals surface area contributed by atoms with Crippen molar-refractivity contribution >= 4 is 23.0 Å². The summed E-state index contributed by atoms with van der Waals surface area (Å²) in [4.78, 5) is 7.12. The molecule has 0 bridgehead atoms. The Morgan fingerprint density at radius 1 is 1.03 bits per heavy atom. The van der Waals surface area contributed by atoms with Crippen LogP contribution in [0.15, 0.2) is 60.8 Å². The molecule has 2 aliphatic rings. The highest BCUT2D eigenvalue weighted by molar-refractivity contribution is 7.80. The maximum Gasteiger partial charge on any atom is 0.170 e. The third-order valence-electron chi connectivity index (χ3n) is 7.66. The van der Waals surface area contributed by atoms with Crippen LogP contribution in [0.3, 0.4) is 0 Å². The fraction of sp³-hybridized carbons (Fsp3) is 0.448. The third-order valence-corrected chi connectivity index (χ3v) is 8.01. The molecule has 0 spiro atoms. The highest BCUT2D eigenvalue weighted by Gasteiger charge is 2.41. The first-order chi connectivity index (χ1) is 17.1. The summed E-state index contributed by atoms with van der Waals surface area (Å²) >= 11 is 5.91. The first-order valence-corrected chi connectivity index (χ1v) is 13.5. The number of rotatable bonds is 8. The van der Waals surface area contributed by atoms with Gasteiger partial charge in [-0.1, -0.05) is 43.5 Å². The van der Waals surface area contributed by atoms with E-state index in [0.717, 1.165) is 36.0 Å². The SMILES string of the molecule is Cc1cc([C@@H]2[C@@H](c3ccccn3)NC(=S)N2CCCNc2ccccc2)c(C)n1C1CCCCC1. The predicted octanol–water partition coefficient (Wildman–Crippen LogP) is 6.48. The van der Waals surface area contributed by atoms with Gasteiger partial charge in [0.15, 0.2) is 5.11 Å². The molecule has 2 N–H and O–H groups in total. The molecule has 0 amide bonds. The standard InChI is InChI=1S/C29H37N5S/c1-21-20-25(22(2)34(21)24-14-7-4-8-15-24)28-27(26-16-9-10-17-31-26)32-29(35)33(28)19-11-18-30-23-12-5-3-6-13-23/h3,5-6,9-10,12-13,16-17,20,24,27-28,30H,4,7-8,11,14-15,18-19H2,1-2H3,(H,32,35)/t27-,28-/m1/s1. The van der Waals surface area contributed by atoms with E-state index >= 15 is 0 Å². The molecular formula is C29H37N5S. The molecule has 3 heterocycles. The second-order valence-corrected chi connectivity index (χ2v) is 10.3. The van der Waals surface area contributed by atoms with Crippen LogP contribution in [0.25, 0.3) is 0 Å². The number of aromatic nitrogens is 2. The minimum Gasteiger partial charge on any atom is -0.385 e. The number of anilines is 1. The van der Waals surface area contributed by atoms with Crippen molar-refractivity contribution in [2.45, 2.75) is 70.5 Å². The van der Waals surface area contributed by atoms with Crippen LogP contribution in [0.5, 0.6) is 0 Å². The monoisotopic (exact) mass is 487 g/mol. The van der Waals surface area contributed by atoms with Crippen molar-refractivity contribution in [3.8, 4) is 0 Å². The molecule has 5 rings (SSSR count). The molecule has 1 aromatic carbocycles. The van der Waals surface area contributed by atoms with Crippen LogP contribution in [0.4, 0.5) is 5.69 Å². The lowest BCUT2D eigenvalue weighted by molar-refractivity contribution is 0.311. The van der Waals surface area contributed by atoms with Crippen molar-refractivity contribution < 1.29 is 0 Å². The maximum atomic E-state index is 5.91. The van der Waals surface area contributed by atoms with Crippen LogP contribution in [0.2, 0.25) is 0 Å². The van der Waals surface area contributed by atoms with Crippen molar-refractivity contribution in [2.24, 2.45) is 0 Å². The second-order valence-electron chi connectivity index (χ2n) is 9.95. The molecule has 1 saturated carbocycles. The molecule has 3 aromatic rings. The predicted molar refractivity (Wildman–Crippen MR) is 148 cm³/mol. The molecule has 2 aromatic heterocycles. The van der Waals surface area contributed by atoms with Crippen LogP contribution >= 0.6 is 12.2 Å². The van der Waals surface area contributed by atoms with E-state index in [9.17, 15) is 0 Å². The Morgan fingerprint density at radius 2 is 1.80 bits per heavy atom. The lowest BCUT2D eigenvalue weighted by atomic mass is 9.94. The highest BCUT2D eigenvalue weighted by Crippen LogP contribution is 2.42. The summed E-state index contributed by atoms with van der Waals surface area (Å²) in [5.41, 5.74) is 6.35. The van der Waals surface area contributed by atoms with Gasteiger partial charge in [0, 0.05) is 42.4 Å². The number of pyridine rings is 1. The number of benzene rings is 1. The zero-order valence-corrected chi connectivity index (χ0v) is 21.7. The van der Waals surface area contributed by atoms with Gasteiger partial charge in [0.05, 0.1) is 17.8 Å². The van der Waals surface area contributed by atoms with Crippen molar-refractivity contribution in [1.82, 2.24) is 19.8 Å². The average molecular weight is 488 g/mol. The van der Waals surface area contributed by atoms with E-state index in [1.807, 2.05) is 18.3 Å². The number of para-hydroxylation sites is 1. The van der Waals surface area contributed by atoms with Crippen molar-refractivity contribution in [3.05, 3.63) is 83.4 Å². The smallest absolute Gasteiger partial charge is 0.170 e. The van der Waals surface area contributed by atoms with E-state index < -0.39 is 0 Å². The van der Waals surface area contributed by atoms with Crippen LogP contribution < -0.4 is 10.6 Å². The van der Waals surface area contributed by atoms with Crippen LogP contribution in [0, 0.1) is 13.8 Å². The molecule has 1 saturated heterocycles. The summed E-state index contributed by atoms with van der Waals surface area (Å²) in [6.45, 7) is 6.39. The Kier molecular flexibility index (Phi) is 7.37. The summed E-state index contributed by atoms with van der Waals surface area (Å²) in [6.07, 6.45) is 9.51. The molecular weight excluding hydrogens is 450 g/mol. The summed E-state index contributed by atoms with van der Waals surface area (Å²) in [7, 11) is 0. The van der Waals surface area contributed by atoms with Crippen LogP contribution in [0.1, 0.15) is 79.3 Å². The number of nitrogens with one attached hydrogen (secondary N) is 2. The summed E-state index contributed by atoms with van der Waals surface area (Å²) in [5, 5.41) is 8.00. The van der Waals surface area contributed by atoms with Crippen molar-refractivity contribution in [1.29, 1.82) is 0 Å². The number of thiocarbonyl (C=S) groups is 1. The fourth-order valence-corrected chi connectivity index (χ4v) is 6.36. The molecule has 0 unspecified atom stereocenters. The molecule has 184 valence electrons. The van der Waals surface area contributed by atoms with Crippen molar-refractivity contribution in [2.75, 3.05) is 18.4 Å². The fourth-order valence-electron chi connectivity index (χ4n) is 6.03. The van der Waals surface area contributed by atoms with Gasteiger partial charge in [-0.15, -0.1) is 0 Å². The van der Waals surface area contributed by atoms with Gasteiger partial charge in [-0.05, 0) is 81.2 Å². The zero-order valence-electron chi connectivity index (χ0n) is 20.9. The summed E-state index contributed by atoms with van der Waals surface area (Å²) < 4.78 is 2.61. The Hall–Kier alpha value is -2.86. The molecule has 6 heteroatoms. The first kappa shape index (κ1) is 23.9. The number of hydrogen-bond acceptors (Lipinski definition) is 3. The largest absolute Gasteiger partial charge is 0.385 e. The maximum absolute atomic E-state index is 5.91. The van der Waals surface area contributed by atoms with Crippen LogP contribution in [-0.2, 0) is 0 Å². The second kappa shape index (κ2) is 10.8. The van der Waals surface area contributed by atoms with Gasteiger partial charge in [0.2, 0.25) is 0 Å². The van der Waals surface area contributed by atoms with Gasteiger partial charge in [-0.25, -0.2) is 0 Å². The lowest BCUT2D eigenvalue weighted by Gasteiger charge is -2.30. The number of nitrogens with zero attached hydrogens (tertiary/aromatic N) is 3. The highest BCUT2D eigenvalue weighted by atomic mass is 32.1. The van der Waals surface area contributed by atoms with E-state index in [0.29, 0.717) is 6.04 Å². The topological polar surface area (TPSA) is 45.1 Å². The minimum atomic E-state index is 0.0473. The van der Waals surface area contributed by atoms with Crippen LogP contribution in [-0.4, -0.2) is 32.7 Å². The molecule has 5 nitrogen and oxygen atoms in total. The lowest BCUT2D eigenvalue weighted by Crippen LogP contribution is -2.31. The Labute approximate surface area is 215 Å². The Balaban J connectivity index is 1.41. The summed E-state index contributed by atoms with van der Waals surface area (Å²) in [6, 6.07) is 19.8. The normalized spacial score (nSPS) is 20.7. The molecule has 2 fully saturated rings. The quantitative estimate of drug-likeness (QED) is 0.281. The average Bonchev–Trinajstić information content (AvgIpc) is 3.38. The van der Waals surface area contributed by atoms with E-state index in [1.165, 1.54) is 49.1 Å². The minimum absolute atomic E-state index is 0.0473. The molecule has 2 atom stereocenters. The van der Waals surface area contributed by atoms with E-state index in [4.69, 9.17) is 17.2 Å². The van der Waals surface area contributed by atoms with Crippen molar-refractivity contribution in [3.63, 3.8) is 0 Å². The Bertz CT molecular complexity index is 1120. The molecule has 1 aliphatic carbocycles. The van der Waals surface area contributed by atoms with E-state index in [1.54, 1.807) is 0 Å². The first-order valence-electron chi connectivity index (χ1n) is 13.1. The molecule has 35 heavy (non-hydrogen) atoms. The van der Waals surface area contributed by atoms with Gasteiger partial charge in [-0.3, -0.25) is 4.98 Å². The molecule has 0 radical (unpaired) electrons. The zero-order chi connectivity index (χ0) is 24.2. The van der Waals surface area contributed by atoms with Gasteiger partial charge in [0.1, 0.15) is 0 Å². The summed E-state index contributed by atoms with van der Waals surface area (Å²) in [5.74, 6) is 0. The van der Waals surface area contributed by atoms with Gasteiger partial charge < -0.3 is 20.1 Å². The third kappa shape index (κ3) is 5.08. The van der Waals surface area contributed by atoms with E-state index in [-0.39, 0.29) is 12.1 Å². The number of aryl methyl sites for hydroxylation is 1. The van der Waals surface area contributed by atoms with E-state index in [2.05, 4.69) is 76.4 Å². The Morgan fingerprint density at radius 3 is 2.54 bits per heavy atom. The number of hydrogen-bond donors (Lipinski definition) is 2. The van der Waals surface area contributed by atoms with Gasteiger partial charge in [0.25, 0.3) is 0 Å². The van der Waals surface area contributed by atoms with Gasteiger partial charge >= 0.3 is 0 Å². The molecule has 1 aliphatic heterocycles.